The largest absolute Gasteiger partial charge is 0.494 e. The Bertz CT molecular complexity index is 655. The lowest BCUT2D eigenvalue weighted by molar-refractivity contribution is 0.315. The van der Waals surface area contributed by atoms with E-state index < -0.39 is 8.24 Å². The molecule has 2 aliphatic carbocycles. The third-order valence-electron chi connectivity index (χ3n) is 9.85. The lowest BCUT2D eigenvalue weighted by atomic mass is 9.92. The summed E-state index contributed by atoms with van der Waals surface area (Å²) in [4.78, 5) is 4.51. The molecule has 2 fully saturated rings. The van der Waals surface area contributed by atoms with Crippen molar-refractivity contribution in [2.45, 2.75) is 129 Å². The molecule has 0 spiro atoms. The van der Waals surface area contributed by atoms with Gasteiger partial charge in [0, 0.05) is 6.04 Å². The van der Waals surface area contributed by atoms with E-state index in [0.717, 1.165) is 47.6 Å². The van der Waals surface area contributed by atoms with Crippen LogP contribution in [0, 0.1) is 23.7 Å². The van der Waals surface area contributed by atoms with Crippen LogP contribution in [0.5, 0.6) is 5.75 Å². The highest BCUT2D eigenvalue weighted by atomic mass is 28.3. The van der Waals surface area contributed by atoms with Gasteiger partial charge in [0.1, 0.15) is 14.0 Å². The van der Waals surface area contributed by atoms with Crippen molar-refractivity contribution in [3.63, 3.8) is 0 Å². The van der Waals surface area contributed by atoms with Gasteiger partial charge in [-0.25, -0.2) is 0 Å². The summed E-state index contributed by atoms with van der Waals surface area (Å²) in [6, 6.07) is 12.5. The summed E-state index contributed by atoms with van der Waals surface area (Å²) in [5.41, 5.74) is 0.871. The summed E-state index contributed by atoms with van der Waals surface area (Å²) in [5.74, 6) is 4.35. The first kappa shape index (κ1) is 27.8. The molecule has 1 aromatic rings. The van der Waals surface area contributed by atoms with Gasteiger partial charge in [0.05, 0.1) is 6.61 Å². The van der Waals surface area contributed by atoms with Crippen LogP contribution in [-0.2, 0) is 0 Å². The Kier molecular flexibility index (Phi) is 11.5. The summed E-state index contributed by atoms with van der Waals surface area (Å²) < 4.78 is 6.14. The van der Waals surface area contributed by atoms with E-state index in [4.69, 9.17) is 4.74 Å². The molecule has 0 bridgehead atoms. The van der Waals surface area contributed by atoms with Crippen LogP contribution < -0.4 is 9.72 Å². The second-order valence-corrected chi connectivity index (χ2v) is 16.5. The predicted molar refractivity (Wildman–Crippen MR) is 151 cm³/mol. The number of rotatable bonds is 8. The zero-order valence-electron chi connectivity index (χ0n) is 23.2. The summed E-state index contributed by atoms with van der Waals surface area (Å²) in [7, 11) is -1.67. The summed E-state index contributed by atoms with van der Waals surface area (Å²) in [6.45, 7) is 13.8. The zero-order valence-corrected chi connectivity index (χ0v) is 24.2. The second-order valence-electron chi connectivity index (χ2n) is 12.2. The van der Waals surface area contributed by atoms with Crippen LogP contribution in [-0.4, -0.2) is 20.9 Å². The molecular formula is C31H55NOSi. The van der Waals surface area contributed by atoms with Gasteiger partial charge >= 0.3 is 0 Å². The second kappa shape index (κ2) is 14.1. The van der Waals surface area contributed by atoms with E-state index in [1.54, 1.807) is 0 Å². The Hall–Kier alpha value is -0.803. The van der Waals surface area contributed by atoms with Crippen molar-refractivity contribution in [2.75, 3.05) is 6.61 Å². The molecule has 2 aliphatic rings. The van der Waals surface area contributed by atoms with E-state index in [1.807, 2.05) is 0 Å². The van der Waals surface area contributed by atoms with Gasteiger partial charge in [-0.2, -0.15) is 0 Å². The number of hydrogen-bond donors (Lipinski definition) is 1. The van der Waals surface area contributed by atoms with Gasteiger partial charge in [-0.05, 0) is 66.7 Å². The van der Waals surface area contributed by atoms with Gasteiger partial charge in [-0.15, -0.1) is 0 Å². The van der Waals surface area contributed by atoms with Crippen LogP contribution >= 0.6 is 0 Å². The highest BCUT2D eigenvalue weighted by molar-refractivity contribution is 6.78. The fourth-order valence-corrected chi connectivity index (χ4v) is 13.2. The van der Waals surface area contributed by atoms with Crippen molar-refractivity contribution in [3.05, 3.63) is 30.3 Å². The average molecular weight is 486 g/mol. The van der Waals surface area contributed by atoms with Crippen molar-refractivity contribution >= 4 is 8.24 Å². The smallest absolute Gasteiger partial charge is 0.126 e. The van der Waals surface area contributed by atoms with Crippen LogP contribution in [0.4, 0.5) is 0 Å². The maximum absolute atomic E-state index is 6.14. The molecule has 4 unspecified atom stereocenters. The number of para-hydroxylation sites is 1. The molecule has 34 heavy (non-hydrogen) atoms. The number of hydrogen-bond acceptors (Lipinski definition) is 2. The van der Waals surface area contributed by atoms with Crippen LogP contribution in [0.2, 0.25) is 18.1 Å². The zero-order chi connectivity index (χ0) is 24.4. The molecule has 3 heteroatoms. The van der Waals surface area contributed by atoms with Crippen LogP contribution in [0.15, 0.2) is 30.3 Å². The number of benzene rings is 1. The summed E-state index contributed by atoms with van der Waals surface area (Å²) in [6.07, 6.45) is 16.9. The lowest BCUT2D eigenvalue weighted by Gasteiger charge is -2.43. The molecule has 0 aromatic heterocycles. The normalized spacial score (nSPS) is 31.9. The highest BCUT2D eigenvalue weighted by Crippen LogP contribution is 2.54. The Morgan fingerprint density at radius 2 is 1.24 bits per heavy atom. The van der Waals surface area contributed by atoms with Gasteiger partial charge in [0.15, 0.2) is 0 Å². The van der Waals surface area contributed by atoms with Crippen LogP contribution in [0.25, 0.3) is 0 Å². The average Bonchev–Trinajstić information content (AvgIpc) is 3.02. The fourth-order valence-electron chi connectivity index (χ4n) is 7.51. The Balaban J connectivity index is 1.68. The molecule has 194 valence electrons. The van der Waals surface area contributed by atoms with Gasteiger partial charge in [0.25, 0.3) is 0 Å². The fraction of sp³-hybridized carbons (Fsp3) is 0.806. The predicted octanol–water partition coefficient (Wildman–Crippen LogP) is 9.22. The molecule has 5 atom stereocenters. The Labute approximate surface area is 213 Å². The maximum atomic E-state index is 6.14. The number of nitrogens with one attached hydrogen (secondary N) is 1. The first-order chi connectivity index (χ1) is 16.4. The molecule has 0 heterocycles. The van der Waals surface area contributed by atoms with E-state index in [9.17, 15) is 0 Å². The van der Waals surface area contributed by atoms with Crippen molar-refractivity contribution in [2.24, 2.45) is 23.7 Å². The number of ether oxygens (including phenoxy) is 1. The lowest BCUT2D eigenvalue weighted by Crippen LogP contribution is -2.58. The Morgan fingerprint density at radius 1 is 0.735 bits per heavy atom. The minimum absolute atomic E-state index is 0.733. The van der Waals surface area contributed by atoms with E-state index in [-0.39, 0.29) is 0 Å². The minimum atomic E-state index is -1.67. The van der Waals surface area contributed by atoms with Crippen molar-refractivity contribution in [3.8, 4) is 5.75 Å². The van der Waals surface area contributed by atoms with Gasteiger partial charge in [0.2, 0.25) is 0 Å². The maximum Gasteiger partial charge on any atom is 0.126 e. The molecule has 0 radical (unpaired) electrons. The molecule has 3 rings (SSSR count). The topological polar surface area (TPSA) is 21.3 Å². The SMILES string of the molecule is CC1C(C)C(C)C([Si@](C)(CCCOc2ccccc2)NC2CCCCCCCCCCC2)C1C. The van der Waals surface area contributed by atoms with Crippen molar-refractivity contribution in [1.82, 2.24) is 4.98 Å². The molecule has 2 nitrogen and oxygen atoms in total. The third-order valence-corrected chi connectivity index (χ3v) is 14.8. The molecule has 2 saturated carbocycles. The van der Waals surface area contributed by atoms with Gasteiger partial charge in [-0.1, -0.05) is 110 Å². The quantitative estimate of drug-likeness (QED) is 0.292. The van der Waals surface area contributed by atoms with Crippen molar-refractivity contribution < 1.29 is 4.74 Å². The highest BCUT2D eigenvalue weighted by Gasteiger charge is 2.51. The van der Waals surface area contributed by atoms with E-state index in [0.29, 0.717) is 0 Å². The molecular weight excluding hydrogens is 430 g/mol. The molecule has 0 aliphatic heterocycles. The molecule has 1 aromatic carbocycles. The first-order valence-electron chi connectivity index (χ1n) is 14.9. The van der Waals surface area contributed by atoms with E-state index >= 15 is 0 Å². The van der Waals surface area contributed by atoms with Crippen molar-refractivity contribution in [1.29, 1.82) is 0 Å². The standard InChI is InChI=1S/C31H55NOSi/c1-25-26(2)28(4)31(27(25)3)34(5,24-18-23-33-30-21-16-13-17-22-30)32-29-19-14-11-9-7-6-8-10-12-15-20-29/h13,16-17,21-22,25-29,31-32H,6-12,14-15,18-20,23-24H2,1-5H3/t25?,26?,27?,28?,31?,34-/m0/s1. The molecule has 0 amide bonds. The Morgan fingerprint density at radius 3 is 1.76 bits per heavy atom. The van der Waals surface area contributed by atoms with Gasteiger partial charge in [-0.3, -0.25) is 0 Å². The first-order valence-corrected chi connectivity index (χ1v) is 17.7. The summed E-state index contributed by atoms with van der Waals surface area (Å²) in [5, 5.41) is 0. The van der Waals surface area contributed by atoms with Crippen LogP contribution in [0.3, 0.4) is 0 Å². The van der Waals surface area contributed by atoms with Crippen LogP contribution in [0.1, 0.15) is 105 Å². The van der Waals surface area contributed by atoms with E-state index in [1.165, 1.54) is 83.1 Å². The molecule has 0 saturated heterocycles. The van der Waals surface area contributed by atoms with Gasteiger partial charge < -0.3 is 9.72 Å². The monoisotopic (exact) mass is 485 g/mol. The molecule has 1 N–H and O–H groups in total. The van der Waals surface area contributed by atoms with E-state index in [2.05, 4.69) is 69.6 Å². The minimum Gasteiger partial charge on any atom is -0.494 e. The third kappa shape index (κ3) is 7.85. The summed E-state index contributed by atoms with van der Waals surface area (Å²) >= 11 is 0.